The number of ether oxygens (including phenoxy) is 4. The summed E-state index contributed by atoms with van der Waals surface area (Å²) in [4.78, 5) is 0. The zero-order chi connectivity index (χ0) is 28.6. The van der Waals surface area contributed by atoms with Crippen molar-refractivity contribution in [3.05, 3.63) is 35.9 Å². The molecule has 238 valence electrons. The highest BCUT2D eigenvalue weighted by Crippen LogP contribution is 2.47. The monoisotopic (exact) mass is 590 g/mol. The van der Waals surface area contributed by atoms with Gasteiger partial charge in [0.15, 0.2) is 0 Å². The van der Waals surface area contributed by atoms with Crippen LogP contribution in [0.4, 0.5) is 0 Å². The average molecular weight is 591 g/mol. The molecule has 0 aromatic heterocycles. The van der Waals surface area contributed by atoms with Crippen LogP contribution in [0, 0.1) is 29.6 Å². The number of hydrogen-bond acceptors (Lipinski definition) is 4. The molecule has 0 amide bonds. The van der Waals surface area contributed by atoms with Gasteiger partial charge in [-0.2, -0.15) is 0 Å². The molecule has 0 radical (unpaired) electrons. The van der Waals surface area contributed by atoms with Gasteiger partial charge in [-0.25, -0.2) is 0 Å². The quantitative estimate of drug-likeness (QED) is 0.311. The summed E-state index contributed by atoms with van der Waals surface area (Å²) in [5.74, 6) is 4.88. The molecule has 4 heteroatoms. The highest BCUT2D eigenvalue weighted by molar-refractivity contribution is 5.15. The fourth-order valence-corrected chi connectivity index (χ4v) is 10.1. The van der Waals surface area contributed by atoms with Gasteiger partial charge in [-0.1, -0.05) is 62.4 Å². The lowest BCUT2D eigenvalue weighted by atomic mass is 9.78. The van der Waals surface area contributed by atoms with Crippen LogP contribution in [0.1, 0.15) is 128 Å². The summed E-state index contributed by atoms with van der Waals surface area (Å²) < 4.78 is 22.3. The summed E-state index contributed by atoms with van der Waals surface area (Å²) in [5, 5.41) is 0. The van der Waals surface area contributed by atoms with Crippen LogP contribution in [0.2, 0.25) is 0 Å². The molecule has 4 saturated heterocycles. The van der Waals surface area contributed by atoms with Crippen molar-refractivity contribution in [2.45, 2.75) is 177 Å². The van der Waals surface area contributed by atoms with Crippen molar-refractivity contribution in [1.29, 1.82) is 0 Å². The second kappa shape index (κ2) is 13.4. The third kappa shape index (κ3) is 8.27. The number of benzene rings is 1. The van der Waals surface area contributed by atoms with Crippen molar-refractivity contribution in [1.82, 2.24) is 0 Å². The second-order valence-corrected chi connectivity index (χ2v) is 16.2. The van der Waals surface area contributed by atoms with Gasteiger partial charge in [-0.15, -0.1) is 0 Å². The first-order valence-corrected chi connectivity index (χ1v) is 18.9. The van der Waals surface area contributed by atoms with Crippen LogP contribution in [0.15, 0.2) is 30.3 Å². The van der Waals surface area contributed by atoms with E-state index in [1.807, 2.05) is 0 Å². The molecular weight excluding hydrogens is 532 g/mol. The molecule has 5 aliphatic carbocycles. The SMILES string of the molecule is C1CC2OC2CC1CC1CCC2OC2C1.C1CCC(CC2CCC3OC3C2)CC1.c1ccc(CC2CCC3OC3C2)cc1. The van der Waals surface area contributed by atoms with Crippen molar-refractivity contribution in [3.63, 3.8) is 0 Å². The lowest BCUT2D eigenvalue weighted by molar-refractivity contribution is 0.254. The van der Waals surface area contributed by atoms with Gasteiger partial charge in [0.2, 0.25) is 0 Å². The van der Waals surface area contributed by atoms with E-state index < -0.39 is 0 Å². The molecule has 5 saturated carbocycles. The van der Waals surface area contributed by atoms with Crippen LogP contribution >= 0.6 is 0 Å². The van der Waals surface area contributed by atoms with E-state index in [-0.39, 0.29) is 0 Å². The third-order valence-electron chi connectivity index (χ3n) is 12.9. The maximum absolute atomic E-state index is 5.60. The lowest BCUT2D eigenvalue weighted by Gasteiger charge is -2.27. The molecule has 12 atom stereocenters. The fourth-order valence-electron chi connectivity index (χ4n) is 10.1. The van der Waals surface area contributed by atoms with Crippen LogP contribution < -0.4 is 0 Å². The Bertz CT molecular complexity index is 997. The Kier molecular flexibility index (Phi) is 9.20. The molecule has 9 aliphatic rings. The molecule has 43 heavy (non-hydrogen) atoms. The lowest BCUT2D eigenvalue weighted by Crippen LogP contribution is -2.20. The summed E-state index contributed by atoms with van der Waals surface area (Å²) in [7, 11) is 0. The Morgan fingerprint density at radius 1 is 0.395 bits per heavy atom. The second-order valence-electron chi connectivity index (χ2n) is 16.2. The molecule has 0 spiro atoms. The van der Waals surface area contributed by atoms with Crippen molar-refractivity contribution >= 4 is 0 Å². The van der Waals surface area contributed by atoms with E-state index in [1.54, 1.807) is 0 Å². The number of epoxide rings is 4. The minimum absolute atomic E-state index is 0.623. The Balaban J connectivity index is 0.0000000970. The van der Waals surface area contributed by atoms with Crippen molar-refractivity contribution in [2.24, 2.45) is 29.6 Å². The molecule has 4 nitrogen and oxygen atoms in total. The van der Waals surface area contributed by atoms with E-state index in [4.69, 9.17) is 18.9 Å². The first-order chi connectivity index (χ1) is 21.2. The Hall–Kier alpha value is -0.940. The fraction of sp³-hybridized carbons (Fsp3) is 0.846. The van der Waals surface area contributed by atoms with Crippen LogP contribution in [0.25, 0.3) is 0 Å². The van der Waals surface area contributed by atoms with Crippen molar-refractivity contribution < 1.29 is 18.9 Å². The number of rotatable bonds is 6. The highest BCUT2D eigenvalue weighted by Gasteiger charge is 2.47. The molecule has 9 fully saturated rings. The Morgan fingerprint density at radius 3 is 1.28 bits per heavy atom. The minimum atomic E-state index is 0.623. The molecule has 4 aliphatic heterocycles. The van der Waals surface area contributed by atoms with E-state index in [9.17, 15) is 0 Å². The van der Waals surface area contributed by atoms with Crippen molar-refractivity contribution in [2.75, 3.05) is 0 Å². The molecule has 12 unspecified atom stereocenters. The average Bonchev–Trinajstić information content (AvgIpc) is 3.86. The molecule has 10 rings (SSSR count). The normalized spacial score (nSPS) is 45.3. The van der Waals surface area contributed by atoms with Crippen LogP contribution in [-0.4, -0.2) is 48.8 Å². The van der Waals surface area contributed by atoms with Gasteiger partial charge in [-0.3, -0.25) is 0 Å². The largest absolute Gasteiger partial charge is 0.370 e. The maximum atomic E-state index is 5.60. The maximum Gasteiger partial charge on any atom is 0.0844 e. The smallest absolute Gasteiger partial charge is 0.0844 e. The van der Waals surface area contributed by atoms with E-state index in [0.29, 0.717) is 48.8 Å². The highest BCUT2D eigenvalue weighted by atomic mass is 16.6. The topological polar surface area (TPSA) is 50.1 Å². The van der Waals surface area contributed by atoms with Crippen molar-refractivity contribution in [3.8, 4) is 0 Å². The predicted octanol–water partition coefficient (Wildman–Crippen LogP) is 8.83. The Labute approximate surface area is 261 Å². The summed E-state index contributed by atoms with van der Waals surface area (Å²) in [6.45, 7) is 0. The number of hydrogen-bond donors (Lipinski definition) is 0. The van der Waals surface area contributed by atoms with Gasteiger partial charge in [-0.05, 0) is 131 Å². The Morgan fingerprint density at radius 2 is 0.814 bits per heavy atom. The third-order valence-corrected chi connectivity index (χ3v) is 12.9. The molecule has 1 aromatic carbocycles. The van der Waals surface area contributed by atoms with Gasteiger partial charge in [0, 0.05) is 0 Å². The zero-order valence-corrected chi connectivity index (χ0v) is 26.7. The minimum Gasteiger partial charge on any atom is -0.370 e. The van der Waals surface area contributed by atoms with Gasteiger partial charge in [0.1, 0.15) is 0 Å². The van der Waals surface area contributed by atoms with E-state index in [0.717, 1.165) is 29.6 Å². The summed E-state index contributed by atoms with van der Waals surface area (Å²) >= 11 is 0. The van der Waals surface area contributed by atoms with Gasteiger partial charge < -0.3 is 18.9 Å². The first kappa shape index (κ1) is 29.5. The molecule has 0 bridgehead atoms. The van der Waals surface area contributed by atoms with Crippen LogP contribution in [0.5, 0.6) is 0 Å². The van der Waals surface area contributed by atoms with E-state index in [2.05, 4.69) is 30.3 Å². The molecule has 1 aromatic rings. The first-order valence-electron chi connectivity index (χ1n) is 18.9. The summed E-state index contributed by atoms with van der Waals surface area (Å²) in [5.41, 5.74) is 1.48. The standard InChI is InChI=1S/C13H20O2.C13H22O.C13H16O/c1-3-10-12(14-10)6-8(1)5-9-2-4-11-13(7-9)15-11;2*1-2-4-10(5-3-1)8-11-6-7-12-13(9-11)14-12/h8-13H,1-7H2;10-13H,1-9H2;1-5,11-13H,6-9H2. The van der Waals surface area contributed by atoms with Gasteiger partial charge in [0.05, 0.1) is 48.8 Å². The van der Waals surface area contributed by atoms with Crippen LogP contribution in [-0.2, 0) is 25.4 Å². The van der Waals surface area contributed by atoms with Gasteiger partial charge in [0.25, 0.3) is 0 Å². The summed E-state index contributed by atoms with van der Waals surface area (Å²) in [6, 6.07) is 10.8. The molecule has 0 N–H and O–H groups in total. The zero-order valence-electron chi connectivity index (χ0n) is 26.7. The predicted molar refractivity (Wildman–Crippen MR) is 170 cm³/mol. The molecular formula is C39H58O4. The number of fused-ring (bicyclic) bond motifs is 4. The molecule has 4 heterocycles. The van der Waals surface area contributed by atoms with Crippen LogP contribution in [0.3, 0.4) is 0 Å². The van der Waals surface area contributed by atoms with E-state index in [1.165, 1.54) is 134 Å². The van der Waals surface area contributed by atoms with E-state index >= 15 is 0 Å². The van der Waals surface area contributed by atoms with Gasteiger partial charge >= 0.3 is 0 Å². The summed E-state index contributed by atoms with van der Waals surface area (Å²) in [6.07, 6.45) is 33.5.